The Labute approximate surface area is 107 Å². The van der Waals surface area contributed by atoms with Gasteiger partial charge >= 0.3 is 0 Å². The van der Waals surface area contributed by atoms with Crippen molar-refractivity contribution in [3.63, 3.8) is 0 Å². The van der Waals surface area contributed by atoms with Crippen molar-refractivity contribution in [3.05, 3.63) is 73.3 Å². The fourth-order valence-corrected chi connectivity index (χ4v) is 2.36. The summed E-state index contributed by atoms with van der Waals surface area (Å²) < 4.78 is 2.01. The van der Waals surface area contributed by atoms with Gasteiger partial charge in [0.2, 0.25) is 0 Å². The van der Waals surface area contributed by atoms with Crippen molar-refractivity contribution >= 4 is 10.9 Å². The Kier molecular flexibility index (Phi) is 2.52. The van der Waals surface area contributed by atoms with Crippen molar-refractivity contribution in [1.29, 1.82) is 0 Å². The summed E-state index contributed by atoms with van der Waals surface area (Å²) in [5.41, 5.74) is 4.80. The normalized spacial score (nSPS) is 10.7. The largest absolute Gasteiger partial charge is 0.326 e. The summed E-state index contributed by atoms with van der Waals surface area (Å²) in [6.45, 7) is 2.13. The van der Waals surface area contributed by atoms with Crippen LogP contribution in [0.15, 0.2) is 60.7 Å². The van der Waals surface area contributed by atoms with Crippen LogP contribution in [0.25, 0.3) is 22.2 Å². The molecule has 18 heavy (non-hydrogen) atoms. The van der Waals surface area contributed by atoms with Gasteiger partial charge in [-0.3, -0.25) is 0 Å². The van der Waals surface area contributed by atoms with Crippen LogP contribution < -0.4 is 4.57 Å². The zero-order valence-electron chi connectivity index (χ0n) is 10.4. The van der Waals surface area contributed by atoms with Crippen molar-refractivity contribution in [3.8, 4) is 11.3 Å². The van der Waals surface area contributed by atoms with Crippen LogP contribution in [-0.2, 0) is 0 Å². The van der Waals surface area contributed by atoms with Crippen molar-refractivity contribution in [2.75, 3.05) is 0 Å². The van der Waals surface area contributed by atoms with E-state index in [4.69, 9.17) is 0 Å². The second-order valence-electron chi connectivity index (χ2n) is 4.52. The van der Waals surface area contributed by atoms with Crippen LogP contribution in [-0.4, -0.2) is 0 Å². The predicted molar refractivity (Wildman–Crippen MR) is 75.1 cm³/mol. The molecule has 1 aromatic heterocycles. The summed E-state index contributed by atoms with van der Waals surface area (Å²) in [5.74, 6) is 0. The molecule has 3 rings (SSSR count). The lowest BCUT2D eigenvalue weighted by atomic mass is 10.0. The number of aromatic nitrogens is 1. The predicted octanol–water partition coefficient (Wildman–Crippen LogP) is 3.74. The van der Waals surface area contributed by atoms with Crippen LogP contribution in [0.5, 0.6) is 0 Å². The highest BCUT2D eigenvalue weighted by Gasteiger charge is 2.07. The Bertz CT molecular complexity index is 714. The number of nitrogens with zero attached hydrogens (tertiary/aromatic N) is 1. The van der Waals surface area contributed by atoms with E-state index >= 15 is 0 Å². The summed E-state index contributed by atoms with van der Waals surface area (Å²) in [6, 6.07) is 21.0. The first-order valence-electron chi connectivity index (χ1n) is 6.08. The summed E-state index contributed by atoms with van der Waals surface area (Å²) in [7, 11) is 4.18. The molecule has 0 bridgehead atoms. The van der Waals surface area contributed by atoms with Crippen LogP contribution in [0, 0.1) is 14.0 Å². The van der Waals surface area contributed by atoms with Gasteiger partial charge in [0.1, 0.15) is 11.2 Å². The molecule has 88 valence electrons. The summed E-state index contributed by atoms with van der Waals surface area (Å²) in [5, 5.41) is 1.21. The second-order valence-corrected chi connectivity index (χ2v) is 4.52. The van der Waals surface area contributed by atoms with E-state index in [2.05, 4.69) is 68.6 Å². The lowest BCUT2D eigenvalue weighted by molar-refractivity contribution is -0.572. The standard InChI is InChI=1S/C17H15N/c1-13-7-3-5-9-15(13)17-12-11-14-8-4-6-10-16(14)18(17)2/h3-12H,2H2,1H3. The minimum absolute atomic E-state index is 1.15. The first-order valence-corrected chi connectivity index (χ1v) is 6.08. The minimum Gasteiger partial charge on any atom is -0.326 e. The highest BCUT2D eigenvalue weighted by Crippen LogP contribution is 2.22. The zero-order chi connectivity index (χ0) is 12.5. The number of rotatable bonds is 1. The van der Waals surface area contributed by atoms with Gasteiger partial charge in [0.15, 0.2) is 0 Å². The molecule has 0 saturated heterocycles. The first kappa shape index (κ1) is 10.8. The molecular weight excluding hydrogens is 218 g/mol. The Morgan fingerprint density at radius 2 is 1.56 bits per heavy atom. The molecule has 2 aromatic carbocycles. The maximum atomic E-state index is 4.18. The van der Waals surface area contributed by atoms with E-state index in [1.54, 1.807) is 0 Å². The molecule has 0 N–H and O–H groups in total. The number of pyridine rings is 1. The number of benzene rings is 2. The topological polar surface area (TPSA) is 3.88 Å². The smallest absolute Gasteiger partial charge is 0.112 e. The second kappa shape index (κ2) is 4.19. The van der Waals surface area contributed by atoms with Crippen molar-refractivity contribution in [1.82, 2.24) is 0 Å². The summed E-state index contributed by atoms with van der Waals surface area (Å²) >= 11 is 0. The third-order valence-corrected chi connectivity index (χ3v) is 3.36. The van der Waals surface area contributed by atoms with Crippen LogP contribution in [0.1, 0.15) is 5.56 Å². The van der Waals surface area contributed by atoms with Gasteiger partial charge in [-0.1, -0.05) is 48.5 Å². The number of hydrogen-bond acceptors (Lipinski definition) is 0. The van der Waals surface area contributed by atoms with Gasteiger partial charge in [-0.25, -0.2) is 0 Å². The highest BCUT2D eigenvalue weighted by molar-refractivity contribution is 5.77. The first-order chi connectivity index (χ1) is 8.77. The number of para-hydroxylation sites is 1. The van der Waals surface area contributed by atoms with E-state index in [1.165, 1.54) is 16.5 Å². The molecule has 0 radical (unpaired) electrons. The highest BCUT2D eigenvalue weighted by atomic mass is 14.9. The quantitative estimate of drug-likeness (QED) is 0.445. The monoisotopic (exact) mass is 233 g/mol. The SMILES string of the molecule is [CH2-][n+]1c(-c2ccccc2C)ccc2ccccc21. The van der Waals surface area contributed by atoms with Gasteiger partial charge in [-0.2, -0.15) is 0 Å². The van der Waals surface area contributed by atoms with E-state index in [-0.39, 0.29) is 0 Å². The fraction of sp³-hybridized carbons (Fsp3) is 0.0588. The minimum atomic E-state index is 1.15. The van der Waals surface area contributed by atoms with Crippen LogP contribution in [0.3, 0.4) is 0 Å². The van der Waals surface area contributed by atoms with E-state index in [0.29, 0.717) is 0 Å². The van der Waals surface area contributed by atoms with Gasteiger partial charge in [0.05, 0.1) is 0 Å². The van der Waals surface area contributed by atoms with Crippen molar-refractivity contribution < 1.29 is 4.57 Å². The van der Waals surface area contributed by atoms with Crippen LogP contribution in [0.2, 0.25) is 0 Å². The molecule has 0 aliphatic carbocycles. The molecule has 0 amide bonds. The Morgan fingerprint density at radius 3 is 2.39 bits per heavy atom. The maximum Gasteiger partial charge on any atom is 0.112 e. The molecule has 0 aliphatic rings. The van der Waals surface area contributed by atoms with E-state index in [1.807, 2.05) is 10.6 Å². The molecule has 0 fully saturated rings. The van der Waals surface area contributed by atoms with Gasteiger partial charge < -0.3 is 4.57 Å². The van der Waals surface area contributed by atoms with E-state index < -0.39 is 0 Å². The van der Waals surface area contributed by atoms with Gasteiger partial charge in [0.25, 0.3) is 0 Å². The molecule has 0 atom stereocenters. The van der Waals surface area contributed by atoms with Gasteiger partial charge in [-0.15, -0.1) is 0 Å². The Morgan fingerprint density at radius 1 is 0.833 bits per heavy atom. The van der Waals surface area contributed by atoms with Crippen molar-refractivity contribution in [2.24, 2.45) is 0 Å². The molecular formula is C17H15N. The number of aryl methyl sites for hydroxylation is 1. The van der Waals surface area contributed by atoms with Gasteiger partial charge in [-0.05, 0) is 35.6 Å². The average molecular weight is 233 g/mol. The molecule has 1 heterocycles. The Balaban J connectivity index is 2.31. The number of hydrogen-bond donors (Lipinski definition) is 0. The fourth-order valence-electron chi connectivity index (χ4n) is 2.36. The Hall–Kier alpha value is -2.28. The zero-order valence-corrected chi connectivity index (χ0v) is 10.4. The third-order valence-electron chi connectivity index (χ3n) is 3.36. The van der Waals surface area contributed by atoms with Crippen LogP contribution in [0.4, 0.5) is 0 Å². The summed E-state index contributed by atoms with van der Waals surface area (Å²) in [6.07, 6.45) is 0. The lowest BCUT2D eigenvalue weighted by Crippen LogP contribution is -2.29. The molecule has 0 aliphatic heterocycles. The molecule has 1 nitrogen and oxygen atoms in total. The molecule has 1 heteroatoms. The average Bonchev–Trinajstić information content (AvgIpc) is 2.41. The molecule has 0 spiro atoms. The van der Waals surface area contributed by atoms with Gasteiger partial charge in [0, 0.05) is 7.05 Å². The van der Waals surface area contributed by atoms with E-state index in [0.717, 1.165) is 11.2 Å². The van der Waals surface area contributed by atoms with Crippen molar-refractivity contribution in [2.45, 2.75) is 6.92 Å². The number of fused-ring (bicyclic) bond motifs is 1. The molecule has 0 unspecified atom stereocenters. The summed E-state index contributed by atoms with van der Waals surface area (Å²) in [4.78, 5) is 0. The van der Waals surface area contributed by atoms with E-state index in [9.17, 15) is 0 Å². The molecule has 0 saturated carbocycles. The molecule has 3 aromatic rings. The third kappa shape index (κ3) is 1.65. The van der Waals surface area contributed by atoms with Crippen LogP contribution >= 0.6 is 0 Å². The lowest BCUT2D eigenvalue weighted by Gasteiger charge is -2.12. The maximum absolute atomic E-state index is 4.18.